The van der Waals surface area contributed by atoms with Gasteiger partial charge in [0.1, 0.15) is 0 Å². The molecule has 4 heteroatoms. The molecular weight excluding hydrogens is 216 g/mol. The van der Waals surface area contributed by atoms with Gasteiger partial charge >= 0.3 is 0 Å². The van der Waals surface area contributed by atoms with Gasteiger partial charge in [0.15, 0.2) is 11.5 Å². The molecule has 1 atom stereocenters. The summed E-state index contributed by atoms with van der Waals surface area (Å²) < 4.78 is 10.7. The van der Waals surface area contributed by atoms with Gasteiger partial charge in [-0.2, -0.15) is 0 Å². The van der Waals surface area contributed by atoms with Gasteiger partial charge in [-0.3, -0.25) is 4.90 Å². The van der Waals surface area contributed by atoms with Gasteiger partial charge in [0.2, 0.25) is 6.79 Å². The molecule has 0 radical (unpaired) electrons. The fourth-order valence-corrected chi connectivity index (χ4v) is 2.51. The van der Waals surface area contributed by atoms with E-state index in [9.17, 15) is 0 Å². The Morgan fingerprint density at radius 1 is 1.35 bits per heavy atom. The average Bonchev–Trinajstić information content (AvgIpc) is 2.96. The summed E-state index contributed by atoms with van der Waals surface area (Å²) in [4.78, 5) is 2.47. The van der Waals surface area contributed by atoms with Crippen LogP contribution in [0, 0.1) is 0 Å². The smallest absolute Gasteiger partial charge is 0.231 e. The van der Waals surface area contributed by atoms with Gasteiger partial charge in [-0.05, 0) is 31.2 Å². The van der Waals surface area contributed by atoms with Gasteiger partial charge in [-0.15, -0.1) is 0 Å². The first-order chi connectivity index (χ1) is 8.35. The minimum atomic E-state index is 0.352. The molecule has 0 aliphatic carbocycles. The second-order valence-electron chi connectivity index (χ2n) is 4.70. The lowest BCUT2D eigenvalue weighted by Gasteiger charge is -2.16. The van der Waals surface area contributed by atoms with Crippen molar-refractivity contribution < 1.29 is 9.47 Å². The van der Waals surface area contributed by atoms with Crippen LogP contribution in [0.15, 0.2) is 18.2 Å². The Kier molecular flexibility index (Phi) is 2.91. The lowest BCUT2D eigenvalue weighted by Crippen LogP contribution is -2.29. The van der Waals surface area contributed by atoms with E-state index in [0.29, 0.717) is 12.8 Å². The van der Waals surface area contributed by atoms with Crippen LogP contribution in [0.25, 0.3) is 0 Å². The fourth-order valence-electron chi connectivity index (χ4n) is 2.51. The molecule has 1 unspecified atom stereocenters. The molecule has 1 N–H and O–H groups in total. The Hall–Kier alpha value is -1.26. The molecule has 4 nitrogen and oxygen atoms in total. The summed E-state index contributed by atoms with van der Waals surface area (Å²) in [5, 5.41) is 3.33. The number of likely N-dealkylation sites (N-methyl/N-ethyl adjacent to an activating group) is 1. The number of rotatable bonds is 3. The third kappa shape index (κ3) is 2.23. The average molecular weight is 234 g/mol. The van der Waals surface area contributed by atoms with Gasteiger partial charge in [0, 0.05) is 25.7 Å². The summed E-state index contributed by atoms with van der Waals surface area (Å²) in [6.07, 6.45) is 1.24. The van der Waals surface area contributed by atoms with E-state index in [1.54, 1.807) is 0 Å². The Labute approximate surface area is 102 Å². The van der Waals surface area contributed by atoms with Crippen molar-refractivity contribution in [1.82, 2.24) is 10.2 Å². The molecule has 1 aromatic carbocycles. The highest BCUT2D eigenvalue weighted by molar-refractivity contribution is 5.44. The maximum absolute atomic E-state index is 5.39. The molecule has 2 aliphatic rings. The zero-order chi connectivity index (χ0) is 11.7. The summed E-state index contributed by atoms with van der Waals surface area (Å²) in [7, 11) is 2.04. The first-order valence-corrected chi connectivity index (χ1v) is 6.13. The summed E-state index contributed by atoms with van der Waals surface area (Å²) in [6.45, 7) is 3.64. The van der Waals surface area contributed by atoms with Crippen LogP contribution >= 0.6 is 0 Å². The molecule has 2 heterocycles. The van der Waals surface area contributed by atoms with E-state index in [1.165, 1.54) is 18.5 Å². The van der Waals surface area contributed by atoms with Crippen LogP contribution in [0.4, 0.5) is 0 Å². The predicted octanol–water partition coefficient (Wildman–Crippen LogP) is 1.21. The summed E-state index contributed by atoms with van der Waals surface area (Å²) in [6, 6.07) is 6.86. The Morgan fingerprint density at radius 3 is 3.06 bits per heavy atom. The minimum absolute atomic E-state index is 0.352. The van der Waals surface area contributed by atoms with Crippen molar-refractivity contribution in [3.05, 3.63) is 23.8 Å². The van der Waals surface area contributed by atoms with Gasteiger partial charge in [0.05, 0.1) is 0 Å². The zero-order valence-corrected chi connectivity index (χ0v) is 10.1. The molecule has 2 aliphatic heterocycles. The number of benzene rings is 1. The SMILES string of the molecule is CNC1CCN(Cc2ccc3c(c2)OCO3)C1. The normalized spacial score (nSPS) is 23.2. The van der Waals surface area contributed by atoms with E-state index in [1.807, 2.05) is 13.1 Å². The van der Waals surface area contributed by atoms with Crippen molar-refractivity contribution in [1.29, 1.82) is 0 Å². The maximum Gasteiger partial charge on any atom is 0.231 e. The first kappa shape index (κ1) is 10.9. The molecule has 0 bridgehead atoms. The predicted molar refractivity (Wildman–Crippen MR) is 65.3 cm³/mol. The first-order valence-electron chi connectivity index (χ1n) is 6.13. The van der Waals surface area contributed by atoms with Gasteiger partial charge in [0.25, 0.3) is 0 Å². The fraction of sp³-hybridized carbons (Fsp3) is 0.538. The van der Waals surface area contributed by atoms with E-state index in [-0.39, 0.29) is 0 Å². The van der Waals surface area contributed by atoms with Crippen molar-refractivity contribution in [2.75, 3.05) is 26.9 Å². The van der Waals surface area contributed by atoms with Crippen molar-refractivity contribution in [3.63, 3.8) is 0 Å². The molecule has 17 heavy (non-hydrogen) atoms. The summed E-state index contributed by atoms with van der Waals surface area (Å²) in [5.41, 5.74) is 1.30. The molecule has 1 fully saturated rings. The van der Waals surface area contributed by atoms with Crippen LogP contribution in [-0.4, -0.2) is 37.9 Å². The molecule has 0 amide bonds. The number of fused-ring (bicyclic) bond motifs is 1. The molecular formula is C13H18N2O2. The van der Waals surface area contributed by atoms with E-state index in [2.05, 4.69) is 22.3 Å². The van der Waals surface area contributed by atoms with Crippen molar-refractivity contribution >= 4 is 0 Å². The third-order valence-electron chi connectivity index (χ3n) is 3.52. The highest BCUT2D eigenvalue weighted by Crippen LogP contribution is 2.33. The second-order valence-corrected chi connectivity index (χ2v) is 4.70. The van der Waals surface area contributed by atoms with Crippen molar-refractivity contribution in [3.8, 4) is 11.5 Å². The molecule has 0 aromatic heterocycles. The van der Waals surface area contributed by atoms with Crippen LogP contribution in [0.2, 0.25) is 0 Å². The van der Waals surface area contributed by atoms with Gasteiger partial charge < -0.3 is 14.8 Å². The van der Waals surface area contributed by atoms with Crippen LogP contribution in [-0.2, 0) is 6.54 Å². The van der Waals surface area contributed by atoms with E-state index in [0.717, 1.165) is 24.6 Å². The standard InChI is InChI=1S/C13H18N2O2/c1-14-11-4-5-15(8-11)7-10-2-3-12-13(6-10)17-9-16-12/h2-3,6,11,14H,4-5,7-9H2,1H3. The zero-order valence-electron chi connectivity index (χ0n) is 10.1. The lowest BCUT2D eigenvalue weighted by atomic mass is 10.2. The number of likely N-dealkylation sites (tertiary alicyclic amines) is 1. The molecule has 0 spiro atoms. The second kappa shape index (κ2) is 4.55. The van der Waals surface area contributed by atoms with E-state index < -0.39 is 0 Å². The number of hydrogen-bond donors (Lipinski definition) is 1. The largest absolute Gasteiger partial charge is 0.454 e. The minimum Gasteiger partial charge on any atom is -0.454 e. The van der Waals surface area contributed by atoms with Gasteiger partial charge in [-0.25, -0.2) is 0 Å². The number of nitrogens with one attached hydrogen (secondary N) is 1. The Bertz CT molecular complexity index is 408. The highest BCUT2D eigenvalue weighted by Gasteiger charge is 2.21. The lowest BCUT2D eigenvalue weighted by molar-refractivity contribution is 0.174. The number of hydrogen-bond acceptors (Lipinski definition) is 4. The quantitative estimate of drug-likeness (QED) is 0.852. The Balaban J connectivity index is 1.65. The molecule has 3 rings (SSSR count). The molecule has 1 saturated heterocycles. The third-order valence-corrected chi connectivity index (χ3v) is 3.52. The van der Waals surface area contributed by atoms with E-state index in [4.69, 9.17) is 9.47 Å². The van der Waals surface area contributed by atoms with Gasteiger partial charge in [-0.1, -0.05) is 6.07 Å². The maximum atomic E-state index is 5.39. The number of nitrogens with zero attached hydrogens (tertiary/aromatic N) is 1. The van der Waals surface area contributed by atoms with Crippen molar-refractivity contribution in [2.24, 2.45) is 0 Å². The summed E-state index contributed by atoms with van der Waals surface area (Å²) in [5.74, 6) is 1.75. The van der Waals surface area contributed by atoms with E-state index >= 15 is 0 Å². The van der Waals surface area contributed by atoms with Crippen LogP contribution < -0.4 is 14.8 Å². The monoisotopic (exact) mass is 234 g/mol. The molecule has 1 aromatic rings. The van der Waals surface area contributed by atoms with Crippen LogP contribution in [0.3, 0.4) is 0 Å². The van der Waals surface area contributed by atoms with Crippen LogP contribution in [0.1, 0.15) is 12.0 Å². The Morgan fingerprint density at radius 2 is 2.24 bits per heavy atom. The molecule has 0 saturated carbocycles. The van der Waals surface area contributed by atoms with Crippen molar-refractivity contribution in [2.45, 2.75) is 19.0 Å². The topological polar surface area (TPSA) is 33.7 Å². The molecule has 92 valence electrons. The highest BCUT2D eigenvalue weighted by atomic mass is 16.7. The van der Waals surface area contributed by atoms with Crippen LogP contribution in [0.5, 0.6) is 11.5 Å². The summed E-state index contributed by atoms with van der Waals surface area (Å²) >= 11 is 0. The number of ether oxygens (including phenoxy) is 2.